The third-order valence-corrected chi connectivity index (χ3v) is 4.64. The van der Waals surface area contributed by atoms with Crippen molar-refractivity contribution in [3.63, 3.8) is 0 Å². The van der Waals surface area contributed by atoms with Crippen LogP contribution >= 0.6 is 35.6 Å². The van der Waals surface area contributed by atoms with Crippen LogP contribution < -0.4 is 10.2 Å². The fourth-order valence-electron chi connectivity index (χ4n) is 3.08. The van der Waals surface area contributed by atoms with E-state index < -0.39 is 0 Å². The third-order valence-electron chi connectivity index (χ3n) is 4.41. The quantitative estimate of drug-likeness (QED) is 0.377. The van der Waals surface area contributed by atoms with Crippen molar-refractivity contribution in [2.45, 2.75) is 13.3 Å². The van der Waals surface area contributed by atoms with Gasteiger partial charge in [-0.25, -0.2) is 0 Å². The smallest absolute Gasteiger partial charge is 0.246 e. The average molecular weight is 517 g/mol. The molecule has 2 heterocycles. The lowest BCUT2D eigenvalue weighted by Gasteiger charge is -2.35. The SMILES string of the molecule is CCNC(=NCCc1cccc(Cl)c1)N1CCN(c2cnn(C)c2)C(=O)C1.I. The average Bonchev–Trinajstić information content (AvgIpc) is 3.07. The molecule has 1 fully saturated rings. The van der Waals surface area contributed by atoms with Gasteiger partial charge in [0.2, 0.25) is 5.91 Å². The molecule has 1 saturated heterocycles. The van der Waals surface area contributed by atoms with E-state index in [0.717, 1.165) is 41.7 Å². The summed E-state index contributed by atoms with van der Waals surface area (Å²) in [6.07, 6.45) is 4.38. The largest absolute Gasteiger partial charge is 0.357 e. The molecule has 28 heavy (non-hydrogen) atoms. The lowest BCUT2D eigenvalue weighted by Crippen LogP contribution is -2.55. The number of halogens is 2. The fourth-order valence-corrected chi connectivity index (χ4v) is 3.30. The third kappa shape index (κ3) is 5.84. The molecule has 0 spiro atoms. The predicted octanol–water partition coefficient (Wildman–Crippen LogP) is 2.55. The molecule has 0 aliphatic carbocycles. The molecule has 1 N–H and O–H groups in total. The second-order valence-corrected chi connectivity index (χ2v) is 6.89. The van der Waals surface area contributed by atoms with Crippen LogP contribution in [0.2, 0.25) is 5.02 Å². The summed E-state index contributed by atoms with van der Waals surface area (Å²) < 4.78 is 1.70. The molecule has 9 heteroatoms. The summed E-state index contributed by atoms with van der Waals surface area (Å²) >= 11 is 6.04. The van der Waals surface area contributed by atoms with E-state index in [4.69, 9.17) is 16.6 Å². The number of aliphatic imine (C=N–C) groups is 1. The van der Waals surface area contributed by atoms with Crippen LogP contribution in [0, 0.1) is 0 Å². The molecule has 2 aromatic rings. The normalized spacial score (nSPS) is 14.8. The van der Waals surface area contributed by atoms with Crippen molar-refractivity contribution >= 4 is 53.1 Å². The Morgan fingerprint density at radius 1 is 1.36 bits per heavy atom. The Balaban J connectivity index is 0.00000280. The zero-order valence-electron chi connectivity index (χ0n) is 16.1. The van der Waals surface area contributed by atoms with Gasteiger partial charge in [0.05, 0.1) is 11.9 Å². The number of carbonyl (C=O) groups is 1. The molecule has 1 aromatic carbocycles. The summed E-state index contributed by atoms with van der Waals surface area (Å²) in [5.74, 6) is 0.827. The first-order chi connectivity index (χ1) is 13.1. The molecule has 152 valence electrons. The number of aromatic nitrogens is 2. The van der Waals surface area contributed by atoms with Crippen LogP contribution in [-0.4, -0.2) is 59.3 Å². The van der Waals surface area contributed by atoms with Crippen LogP contribution in [0.25, 0.3) is 0 Å². The minimum atomic E-state index is 0. The van der Waals surface area contributed by atoms with Gasteiger partial charge in [0.15, 0.2) is 5.96 Å². The molecule has 1 aliphatic rings. The number of anilines is 1. The van der Waals surface area contributed by atoms with E-state index >= 15 is 0 Å². The number of rotatable bonds is 5. The Bertz CT molecular complexity index is 824. The van der Waals surface area contributed by atoms with Gasteiger partial charge in [-0.15, -0.1) is 24.0 Å². The standard InChI is InChI=1S/C19H25ClN6O.HI/c1-3-21-19(22-8-7-15-5-4-6-16(20)11-15)25-9-10-26(18(27)14-25)17-12-23-24(2)13-17;/h4-6,11-13H,3,7-10,14H2,1-2H3,(H,21,22);1H. The highest BCUT2D eigenvalue weighted by Crippen LogP contribution is 2.16. The lowest BCUT2D eigenvalue weighted by molar-refractivity contribution is -0.120. The van der Waals surface area contributed by atoms with Crippen LogP contribution in [0.5, 0.6) is 0 Å². The summed E-state index contributed by atoms with van der Waals surface area (Å²) in [5, 5.41) is 8.18. The number of guanidine groups is 1. The van der Waals surface area contributed by atoms with Crippen LogP contribution in [0.15, 0.2) is 41.7 Å². The molecule has 0 atom stereocenters. The van der Waals surface area contributed by atoms with Gasteiger partial charge in [-0.1, -0.05) is 23.7 Å². The van der Waals surface area contributed by atoms with E-state index in [0.29, 0.717) is 19.6 Å². The second kappa shape index (κ2) is 10.7. The number of piperazine rings is 1. The Hall–Kier alpha value is -1.81. The monoisotopic (exact) mass is 516 g/mol. The maximum absolute atomic E-state index is 12.6. The van der Waals surface area contributed by atoms with Crippen LogP contribution in [0.4, 0.5) is 5.69 Å². The van der Waals surface area contributed by atoms with E-state index in [-0.39, 0.29) is 29.9 Å². The minimum Gasteiger partial charge on any atom is -0.357 e. The number of nitrogens with zero attached hydrogens (tertiary/aromatic N) is 5. The van der Waals surface area contributed by atoms with Gasteiger partial charge < -0.3 is 15.1 Å². The molecular weight excluding hydrogens is 491 g/mol. The molecule has 0 bridgehead atoms. The Morgan fingerprint density at radius 3 is 2.82 bits per heavy atom. The van der Waals surface area contributed by atoms with Gasteiger partial charge in [0.1, 0.15) is 6.54 Å². The van der Waals surface area contributed by atoms with Crippen molar-refractivity contribution in [2.24, 2.45) is 12.0 Å². The first-order valence-corrected chi connectivity index (χ1v) is 9.51. The highest BCUT2D eigenvalue weighted by Gasteiger charge is 2.27. The van der Waals surface area contributed by atoms with E-state index in [9.17, 15) is 4.79 Å². The zero-order chi connectivity index (χ0) is 19.2. The summed E-state index contributed by atoms with van der Waals surface area (Å²) in [4.78, 5) is 21.1. The number of amides is 1. The van der Waals surface area contributed by atoms with E-state index in [2.05, 4.69) is 10.4 Å². The van der Waals surface area contributed by atoms with Crippen molar-refractivity contribution in [1.29, 1.82) is 0 Å². The van der Waals surface area contributed by atoms with Gasteiger partial charge in [0, 0.05) is 44.4 Å². The number of nitrogens with one attached hydrogen (secondary N) is 1. The van der Waals surface area contributed by atoms with Crippen molar-refractivity contribution in [3.05, 3.63) is 47.2 Å². The van der Waals surface area contributed by atoms with Gasteiger partial charge in [-0.3, -0.25) is 14.5 Å². The number of hydrogen-bond acceptors (Lipinski definition) is 3. The van der Waals surface area contributed by atoms with Crippen molar-refractivity contribution in [2.75, 3.05) is 37.6 Å². The lowest BCUT2D eigenvalue weighted by atomic mass is 10.1. The summed E-state index contributed by atoms with van der Waals surface area (Å²) in [6, 6.07) is 7.82. The summed E-state index contributed by atoms with van der Waals surface area (Å²) in [5.41, 5.74) is 1.99. The molecular formula is C19H26ClIN6O. The number of hydrogen-bond donors (Lipinski definition) is 1. The first-order valence-electron chi connectivity index (χ1n) is 9.13. The topological polar surface area (TPSA) is 65.8 Å². The van der Waals surface area contributed by atoms with Crippen LogP contribution in [-0.2, 0) is 18.3 Å². The Kier molecular flexibility index (Phi) is 8.56. The fraction of sp³-hybridized carbons (Fsp3) is 0.421. The maximum Gasteiger partial charge on any atom is 0.246 e. The Labute approximate surface area is 187 Å². The van der Waals surface area contributed by atoms with Gasteiger partial charge in [-0.05, 0) is 31.0 Å². The van der Waals surface area contributed by atoms with Gasteiger partial charge >= 0.3 is 0 Å². The van der Waals surface area contributed by atoms with E-state index in [1.807, 2.05) is 49.3 Å². The molecule has 3 rings (SSSR count). The molecule has 0 unspecified atom stereocenters. The second-order valence-electron chi connectivity index (χ2n) is 6.45. The van der Waals surface area contributed by atoms with Crippen molar-refractivity contribution < 1.29 is 4.79 Å². The first kappa shape index (κ1) is 22.5. The number of benzene rings is 1. The molecule has 1 aromatic heterocycles. The van der Waals surface area contributed by atoms with Crippen LogP contribution in [0.3, 0.4) is 0 Å². The van der Waals surface area contributed by atoms with Crippen molar-refractivity contribution in [1.82, 2.24) is 20.0 Å². The Morgan fingerprint density at radius 2 is 2.18 bits per heavy atom. The molecule has 0 saturated carbocycles. The van der Waals surface area contributed by atoms with E-state index in [1.165, 1.54) is 0 Å². The highest BCUT2D eigenvalue weighted by atomic mass is 127. The number of aryl methyl sites for hydroxylation is 1. The zero-order valence-corrected chi connectivity index (χ0v) is 19.2. The van der Waals surface area contributed by atoms with E-state index in [1.54, 1.807) is 15.8 Å². The molecule has 1 aliphatic heterocycles. The summed E-state index contributed by atoms with van der Waals surface area (Å²) in [7, 11) is 1.85. The summed E-state index contributed by atoms with van der Waals surface area (Å²) in [6.45, 7) is 5.07. The van der Waals surface area contributed by atoms with Gasteiger partial charge in [-0.2, -0.15) is 5.10 Å². The van der Waals surface area contributed by atoms with Crippen LogP contribution in [0.1, 0.15) is 12.5 Å². The van der Waals surface area contributed by atoms with Crippen molar-refractivity contribution in [3.8, 4) is 0 Å². The minimum absolute atomic E-state index is 0. The molecule has 1 amide bonds. The molecule has 0 radical (unpaired) electrons. The number of carbonyl (C=O) groups excluding carboxylic acids is 1. The van der Waals surface area contributed by atoms with Gasteiger partial charge in [0.25, 0.3) is 0 Å². The molecule has 7 nitrogen and oxygen atoms in total. The highest BCUT2D eigenvalue weighted by molar-refractivity contribution is 14.0. The maximum atomic E-state index is 12.6. The predicted molar refractivity (Wildman–Crippen MR) is 124 cm³/mol.